The molecule has 2 aliphatic rings. The molecule has 2 heteroatoms. The quantitative estimate of drug-likeness (QED) is 0.691. The van der Waals surface area contributed by atoms with E-state index in [0.29, 0.717) is 11.0 Å². The third-order valence-corrected chi connectivity index (χ3v) is 5.85. The minimum atomic E-state index is 0.463. The molecule has 1 aliphatic carbocycles. The number of hydrogen-bond donors (Lipinski definition) is 1. The van der Waals surface area contributed by atoms with Crippen LogP contribution in [-0.2, 0) is 0 Å². The van der Waals surface area contributed by atoms with Crippen LogP contribution in [0.2, 0.25) is 0 Å². The second kappa shape index (κ2) is 7.46. The first-order valence-corrected chi connectivity index (χ1v) is 9.49. The van der Waals surface area contributed by atoms with Crippen molar-refractivity contribution in [1.29, 1.82) is 0 Å². The Labute approximate surface area is 133 Å². The zero-order valence-electron chi connectivity index (χ0n) is 15.0. The summed E-state index contributed by atoms with van der Waals surface area (Å²) in [5.41, 5.74) is 0.935. The van der Waals surface area contributed by atoms with Crippen LogP contribution < -0.4 is 5.32 Å². The molecule has 1 saturated carbocycles. The highest BCUT2D eigenvalue weighted by molar-refractivity contribution is 5.01. The molecular weight excluding hydrogens is 256 g/mol. The fraction of sp³-hybridized carbons (Fsp3) is 1.00. The molecule has 0 radical (unpaired) electrons. The van der Waals surface area contributed by atoms with Gasteiger partial charge in [0.05, 0.1) is 0 Å². The normalized spacial score (nSPS) is 26.6. The highest BCUT2D eigenvalue weighted by Gasteiger charge is 2.41. The van der Waals surface area contributed by atoms with Crippen molar-refractivity contribution in [2.24, 2.45) is 5.41 Å². The average molecular weight is 295 g/mol. The van der Waals surface area contributed by atoms with Gasteiger partial charge in [0.2, 0.25) is 0 Å². The molecule has 0 amide bonds. The number of unbranched alkanes of at least 4 members (excludes halogenated alkanes) is 2. The van der Waals surface area contributed by atoms with Crippen LogP contribution in [0.25, 0.3) is 0 Å². The lowest BCUT2D eigenvalue weighted by atomic mass is 9.83. The molecule has 1 spiro atoms. The van der Waals surface area contributed by atoms with Crippen molar-refractivity contribution < 1.29 is 0 Å². The summed E-state index contributed by atoms with van der Waals surface area (Å²) in [5, 5.41) is 3.92. The maximum absolute atomic E-state index is 3.92. The van der Waals surface area contributed by atoms with E-state index >= 15 is 0 Å². The average Bonchev–Trinajstić information content (AvgIpc) is 2.87. The molecular formula is C19H38N2. The third-order valence-electron chi connectivity index (χ3n) is 5.85. The van der Waals surface area contributed by atoms with Crippen LogP contribution in [0, 0.1) is 5.41 Å². The monoisotopic (exact) mass is 294 g/mol. The Morgan fingerprint density at radius 1 is 1.14 bits per heavy atom. The molecule has 21 heavy (non-hydrogen) atoms. The predicted molar refractivity (Wildman–Crippen MR) is 92.8 cm³/mol. The smallest absolute Gasteiger partial charge is 0.0309 e. The van der Waals surface area contributed by atoms with E-state index < -0.39 is 0 Å². The van der Waals surface area contributed by atoms with E-state index in [0.717, 1.165) is 6.04 Å². The molecule has 124 valence electrons. The van der Waals surface area contributed by atoms with Crippen molar-refractivity contribution in [3.05, 3.63) is 0 Å². The van der Waals surface area contributed by atoms with Crippen molar-refractivity contribution >= 4 is 0 Å². The number of nitrogens with one attached hydrogen (secondary N) is 1. The van der Waals surface area contributed by atoms with Gasteiger partial charge in [-0.15, -0.1) is 0 Å². The topological polar surface area (TPSA) is 15.3 Å². The Morgan fingerprint density at radius 2 is 1.86 bits per heavy atom. The molecule has 0 aromatic heterocycles. The maximum Gasteiger partial charge on any atom is 0.0309 e. The van der Waals surface area contributed by atoms with Crippen LogP contribution >= 0.6 is 0 Å². The van der Waals surface area contributed by atoms with Crippen molar-refractivity contribution in [2.75, 3.05) is 19.6 Å². The molecule has 1 unspecified atom stereocenters. The van der Waals surface area contributed by atoms with Crippen molar-refractivity contribution in [3.63, 3.8) is 0 Å². The maximum atomic E-state index is 3.92. The highest BCUT2D eigenvalue weighted by Crippen LogP contribution is 2.35. The van der Waals surface area contributed by atoms with Gasteiger partial charge < -0.3 is 5.32 Å². The summed E-state index contributed by atoms with van der Waals surface area (Å²) in [6.07, 6.45) is 12.5. The van der Waals surface area contributed by atoms with E-state index in [2.05, 4.69) is 37.9 Å². The zero-order valence-corrected chi connectivity index (χ0v) is 15.0. The molecule has 0 aromatic carbocycles. The van der Waals surface area contributed by atoms with E-state index in [1.54, 1.807) is 0 Å². The van der Waals surface area contributed by atoms with E-state index in [-0.39, 0.29) is 0 Å². The number of piperazine rings is 1. The van der Waals surface area contributed by atoms with Crippen molar-refractivity contribution in [3.8, 4) is 0 Å². The van der Waals surface area contributed by atoms with E-state index in [1.807, 2.05) is 0 Å². The first-order chi connectivity index (χ1) is 10.0. The minimum absolute atomic E-state index is 0.463. The van der Waals surface area contributed by atoms with E-state index in [9.17, 15) is 0 Å². The van der Waals surface area contributed by atoms with Gasteiger partial charge in [0.25, 0.3) is 0 Å². The number of rotatable bonds is 7. The predicted octanol–water partition coefficient (Wildman–Crippen LogP) is 4.59. The molecule has 2 fully saturated rings. The van der Waals surface area contributed by atoms with Gasteiger partial charge in [-0.2, -0.15) is 0 Å². The molecule has 1 aliphatic heterocycles. The van der Waals surface area contributed by atoms with Crippen molar-refractivity contribution in [1.82, 2.24) is 10.2 Å². The first-order valence-electron chi connectivity index (χ1n) is 9.49. The lowest BCUT2D eigenvalue weighted by Crippen LogP contribution is -2.64. The van der Waals surface area contributed by atoms with Gasteiger partial charge in [-0.05, 0) is 31.1 Å². The fourth-order valence-corrected chi connectivity index (χ4v) is 4.49. The van der Waals surface area contributed by atoms with Gasteiger partial charge in [0.1, 0.15) is 0 Å². The van der Waals surface area contributed by atoms with Crippen LogP contribution in [0.1, 0.15) is 85.5 Å². The van der Waals surface area contributed by atoms with Crippen molar-refractivity contribution in [2.45, 2.75) is 97.1 Å². The van der Waals surface area contributed by atoms with Crippen LogP contribution in [0.4, 0.5) is 0 Å². The second-order valence-electron chi connectivity index (χ2n) is 8.46. The second-order valence-corrected chi connectivity index (χ2v) is 8.46. The standard InChI is InChI=1S/C19H38N2/c1-5-7-8-11-18(3,4)15-21-16-19(12-9-10-13-19)20-14-17(21)6-2/h17,20H,5-16H2,1-4H3. The largest absolute Gasteiger partial charge is 0.308 e. The zero-order chi connectivity index (χ0) is 15.3. The van der Waals surface area contributed by atoms with Gasteiger partial charge >= 0.3 is 0 Å². The van der Waals surface area contributed by atoms with Gasteiger partial charge in [0, 0.05) is 31.2 Å². The Balaban J connectivity index is 1.93. The molecule has 2 rings (SSSR count). The molecule has 0 aromatic rings. The van der Waals surface area contributed by atoms with E-state index in [1.165, 1.54) is 77.4 Å². The molecule has 2 nitrogen and oxygen atoms in total. The summed E-state index contributed by atoms with van der Waals surface area (Å²) in [4.78, 5) is 2.84. The fourth-order valence-electron chi connectivity index (χ4n) is 4.49. The number of hydrogen-bond acceptors (Lipinski definition) is 2. The highest BCUT2D eigenvalue weighted by atomic mass is 15.3. The Kier molecular flexibility index (Phi) is 6.14. The Morgan fingerprint density at radius 3 is 2.48 bits per heavy atom. The summed E-state index contributed by atoms with van der Waals surface area (Å²) >= 11 is 0. The lowest BCUT2D eigenvalue weighted by molar-refractivity contribution is 0.0432. The van der Waals surface area contributed by atoms with E-state index in [4.69, 9.17) is 0 Å². The molecule has 1 heterocycles. The van der Waals surface area contributed by atoms with Crippen LogP contribution in [0.5, 0.6) is 0 Å². The van der Waals surface area contributed by atoms with Crippen LogP contribution in [0.3, 0.4) is 0 Å². The molecule has 1 N–H and O–H groups in total. The third kappa shape index (κ3) is 4.69. The molecule has 1 saturated heterocycles. The Bertz CT molecular complexity index is 305. The summed E-state index contributed by atoms with van der Waals surface area (Å²) in [6.45, 7) is 13.4. The number of nitrogens with zero attached hydrogens (tertiary/aromatic N) is 1. The molecule has 1 atom stereocenters. The van der Waals surface area contributed by atoms with Gasteiger partial charge in [-0.25, -0.2) is 0 Å². The SMILES string of the molecule is CCCCCC(C)(C)CN1CC2(CCCC2)NCC1CC. The van der Waals surface area contributed by atoms with Gasteiger partial charge in [-0.1, -0.05) is 59.8 Å². The molecule has 0 bridgehead atoms. The summed E-state index contributed by atoms with van der Waals surface area (Å²) in [7, 11) is 0. The van der Waals surface area contributed by atoms with Crippen LogP contribution in [0.15, 0.2) is 0 Å². The lowest BCUT2D eigenvalue weighted by Gasteiger charge is -2.48. The van der Waals surface area contributed by atoms with Gasteiger partial charge in [0.15, 0.2) is 0 Å². The van der Waals surface area contributed by atoms with Gasteiger partial charge in [-0.3, -0.25) is 4.90 Å². The summed E-state index contributed by atoms with van der Waals surface area (Å²) in [5.74, 6) is 0. The summed E-state index contributed by atoms with van der Waals surface area (Å²) in [6, 6.07) is 0.752. The van der Waals surface area contributed by atoms with Crippen LogP contribution in [-0.4, -0.2) is 36.1 Å². The Hall–Kier alpha value is -0.0800. The minimum Gasteiger partial charge on any atom is -0.308 e. The first kappa shape index (κ1) is 17.3. The summed E-state index contributed by atoms with van der Waals surface area (Å²) < 4.78 is 0.